The van der Waals surface area contributed by atoms with E-state index in [2.05, 4.69) is 22.5 Å². The molecule has 130 valence electrons. The van der Waals surface area contributed by atoms with Crippen LogP contribution in [0, 0.1) is 5.92 Å². The van der Waals surface area contributed by atoms with E-state index in [-0.39, 0.29) is 24.0 Å². The molecule has 0 unspecified atom stereocenters. The van der Waals surface area contributed by atoms with Gasteiger partial charge in [-0.05, 0) is 39.5 Å². The van der Waals surface area contributed by atoms with E-state index in [1.165, 1.54) is 6.08 Å². The van der Waals surface area contributed by atoms with Crippen LogP contribution in [0.3, 0.4) is 0 Å². The molecular formula is C16H28N4O3. The van der Waals surface area contributed by atoms with E-state index in [9.17, 15) is 14.4 Å². The summed E-state index contributed by atoms with van der Waals surface area (Å²) in [6.07, 6.45) is 3.14. The van der Waals surface area contributed by atoms with E-state index in [0.29, 0.717) is 19.6 Å². The lowest BCUT2D eigenvalue weighted by Gasteiger charge is -2.34. The number of nitrogens with one attached hydrogen (secondary N) is 3. The Labute approximate surface area is 137 Å². The van der Waals surface area contributed by atoms with Crippen LogP contribution in [0.25, 0.3) is 0 Å². The first kappa shape index (κ1) is 19.0. The van der Waals surface area contributed by atoms with Crippen LogP contribution in [-0.4, -0.2) is 54.5 Å². The first-order chi connectivity index (χ1) is 10.7. The number of piperidine rings is 1. The van der Waals surface area contributed by atoms with Gasteiger partial charge in [-0.1, -0.05) is 6.08 Å². The molecule has 3 N–H and O–H groups in total. The van der Waals surface area contributed by atoms with Crippen LogP contribution in [0.1, 0.15) is 33.6 Å². The van der Waals surface area contributed by atoms with Crippen molar-refractivity contribution in [3.05, 3.63) is 12.7 Å². The highest BCUT2D eigenvalue weighted by Gasteiger charge is 2.25. The van der Waals surface area contributed by atoms with Gasteiger partial charge in [-0.2, -0.15) is 0 Å². The smallest absolute Gasteiger partial charge is 0.317 e. The topological polar surface area (TPSA) is 90.5 Å². The zero-order valence-electron chi connectivity index (χ0n) is 14.3. The van der Waals surface area contributed by atoms with Crippen LogP contribution >= 0.6 is 0 Å². The summed E-state index contributed by atoms with van der Waals surface area (Å²) in [6.45, 7) is 11.4. The molecule has 0 atom stereocenters. The van der Waals surface area contributed by atoms with Crippen molar-refractivity contribution in [2.24, 2.45) is 5.92 Å². The summed E-state index contributed by atoms with van der Waals surface area (Å²) in [4.78, 5) is 36.9. The minimum absolute atomic E-state index is 0.0520. The minimum atomic E-state index is -0.646. The van der Waals surface area contributed by atoms with Crippen LogP contribution in [-0.2, 0) is 9.59 Å². The molecule has 0 aliphatic carbocycles. The number of urea groups is 1. The van der Waals surface area contributed by atoms with E-state index in [0.717, 1.165) is 12.8 Å². The monoisotopic (exact) mass is 324 g/mol. The summed E-state index contributed by atoms with van der Waals surface area (Å²) >= 11 is 0. The summed E-state index contributed by atoms with van der Waals surface area (Å²) in [6, 6.07) is -0.0520. The molecule has 1 aliphatic rings. The zero-order valence-corrected chi connectivity index (χ0v) is 14.3. The number of likely N-dealkylation sites (tertiary alicyclic amines) is 1. The number of rotatable bonds is 4. The van der Waals surface area contributed by atoms with Crippen molar-refractivity contribution in [2.75, 3.05) is 26.2 Å². The fourth-order valence-electron chi connectivity index (χ4n) is 2.30. The number of carbonyl (C=O) groups excluding carboxylic acids is 3. The lowest BCUT2D eigenvalue weighted by atomic mass is 9.97. The van der Waals surface area contributed by atoms with E-state index >= 15 is 0 Å². The van der Waals surface area contributed by atoms with Gasteiger partial charge in [0.05, 0.1) is 0 Å². The third-order valence-corrected chi connectivity index (χ3v) is 3.55. The van der Waals surface area contributed by atoms with Gasteiger partial charge in [0, 0.05) is 31.7 Å². The molecule has 7 heteroatoms. The largest absolute Gasteiger partial charge is 0.348 e. The van der Waals surface area contributed by atoms with Crippen LogP contribution in [0.2, 0.25) is 0 Å². The molecule has 0 aromatic heterocycles. The standard InChI is InChI=1S/C16H28N4O3/c1-5-8-17-13(21)14(22)18-11-12-6-9-20(10-7-12)15(23)19-16(2,3)4/h5,12H,1,6-11H2,2-4H3,(H,17,21)(H,18,22)(H,19,23). The molecule has 1 fully saturated rings. The summed E-state index contributed by atoms with van der Waals surface area (Å²) in [7, 11) is 0. The number of hydrogen-bond acceptors (Lipinski definition) is 3. The molecule has 0 radical (unpaired) electrons. The number of carbonyl (C=O) groups is 3. The van der Waals surface area contributed by atoms with Crippen molar-refractivity contribution >= 4 is 17.8 Å². The van der Waals surface area contributed by atoms with Gasteiger partial charge in [0.2, 0.25) is 0 Å². The number of amides is 4. The molecule has 23 heavy (non-hydrogen) atoms. The Hall–Kier alpha value is -2.05. The lowest BCUT2D eigenvalue weighted by Crippen LogP contribution is -2.51. The molecule has 0 saturated carbocycles. The average molecular weight is 324 g/mol. The molecule has 0 aromatic rings. The van der Waals surface area contributed by atoms with Crippen LogP contribution < -0.4 is 16.0 Å². The molecule has 0 spiro atoms. The zero-order chi connectivity index (χ0) is 17.5. The third-order valence-electron chi connectivity index (χ3n) is 3.55. The van der Waals surface area contributed by atoms with Crippen molar-refractivity contribution in [1.82, 2.24) is 20.9 Å². The van der Waals surface area contributed by atoms with Gasteiger partial charge in [-0.15, -0.1) is 6.58 Å². The molecule has 1 heterocycles. The van der Waals surface area contributed by atoms with Gasteiger partial charge in [0.25, 0.3) is 0 Å². The van der Waals surface area contributed by atoms with Crippen molar-refractivity contribution in [1.29, 1.82) is 0 Å². The van der Waals surface area contributed by atoms with Crippen molar-refractivity contribution in [3.8, 4) is 0 Å². The second-order valence-electron chi connectivity index (χ2n) is 6.82. The quantitative estimate of drug-likeness (QED) is 0.523. The number of nitrogens with zero attached hydrogens (tertiary/aromatic N) is 1. The maximum absolute atomic E-state index is 12.1. The van der Waals surface area contributed by atoms with Crippen molar-refractivity contribution in [2.45, 2.75) is 39.2 Å². The Balaban J connectivity index is 2.29. The molecule has 0 aromatic carbocycles. The SMILES string of the molecule is C=CCNC(=O)C(=O)NCC1CCN(C(=O)NC(C)(C)C)CC1. The highest BCUT2D eigenvalue weighted by Crippen LogP contribution is 2.17. The molecule has 7 nitrogen and oxygen atoms in total. The highest BCUT2D eigenvalue weighted by atomic mass is 16.2. The van der Waals surface area contributed by atoms with Gasteiger partial charge in [0.1, 0.15) is 0 Å². The maximum atomic E-state index is 12.1. The van der Waals surface area contributed by atoms with Crippen LogP contribution in [0.5, 0.6) is 0 Å². The Morgan fingerprint density at radius 3 is 2.22 bits per heavy atom. The Morgan fingerprint density at radius 1 is 1.13 bits per heavy atom. The van der Waals surface area contributed by atoms with Gasteiger partial charge in [-0.25, -0.2) is 4.79 Å². The van der Waals surface area contributed by atoms with Crippen molar-refractivity contribution in [3.63, 3.8) is 0 Å². The van der Waals surface area contributed by atoms with Gasteiger partial charge in [0.15, 0.2) is 0 Å². The number of hydrogen-bond donors (Lipinski definition) is 3. The Bertz CT molecular complexity index is 449. The fraction of sp³-hybridized carbons (Fsp3) is 0.688. The Kier molecular flexibility index (Phi) is 7.06. The molecule has 1 rings (SSSR count). The molecule has 1 aliphatic heterocycles. The summed E-state index contributed by atoms with van der Waals surface area (Å²) in [5.41, 5.74) is -0.249. The molecule has 4 amide bonds. The third kappa shape index (κ3) is 7.17. The summed E-state index contributed by atoms with van der Waals surface area (Å²) in [5, 5.41) is 8.02. The fourth-order valence-corrected chi connectivity index (χ4v) is 2.30. The first-order valence-corrected chi connectivity index (χ1v) is 7.97. The van der Waals surface area contributed by atoms with Gasteiger partial charge >= 0.3 is 17.8 Å². The Morgan fingerprint density at radius 2 is 1.70 bits per heavy atom. The first-order valence-electron chi connectivity index (χ1n) is 7.97. The molecular weight excluding hydrogens is 296 g/mol. The predicted octanol–water partition coefficient (Wildman–Crippen LogP) is 0.625. The summed E-state index contributed by atoms with van der Waals surface area (Å²) < 4.78 is 0. The summed E-state index contributed by atoms with van der Waals surface area (Å²) in [5.74, 6) is -0.989. The van der Waals surface area contributed by atoms with Crippen LogP contribution in [0.4, 0.5) is 4.79 Å². The predicted molar refractivity (Wildman–Crippen MR) is 88.8 cm³/mol. The van der Waals surface area contributed by atoms with E-state index in [1.807, 2.05) is 20.8 Å². The van der Waals surface area contributed by atoms with Gasteiger partial charge in [-0.3, -0.25) is 9.59 Å². The lowest BCUT2D eigenvalue weighted by molar-refractivity contribution is -0.139. The van der Waals surface area contributed by atoms with Crippen molar-refractivity contribution < 1.29 is 14.4 Å². The second-order valence-corrected chi connectivity index (χ2v) is 6.82. The van der Waals surface area contributed by atoms with E-state index in [1.54, 1.807) is 4.90 Å². The van der Waals surface area contributed by atoms with E-state index < -0.39 is 11.8 Å². The normalized spacial score (nSPS) is 15.7. The minimum Gasteiger partial charge on any atom is -0.348 e. The molecule has 1 saturated heterocycles. The average Bonchev–Trinajstić information content (AvgIpc) is 2.49. The van der Waals surface area contributed by atoms with E-state index in [4.69, 9.17) is 0 Å². The maximum Gasteiger partial charge on any atom is 0.317 e. The van der Waals surface area contributed by atoms with Gasteiger partial charge < -0.3 is 20.9 Å². The highest BCUT2D eigenvalue weighted by molar-refractivity contribution is 6.35. The van der Waals surface area contributed by atoms with Crippen LogP contribution in [0.15, 0.2) is 12.7 Å². The molecule has 0 bridgehead atoms. The second kappa shape index (κ2) is 8.55.